The predicted octanol–water partition coefficient (Wildman–Crippen LogP) is 0.443. The van der Waals surface area contributed by atoms with Crippen molar-refractivity contribution in [1.82, 2.24) is 5.32 Å². The molecule has 3 nitrogen and oxygen atoms in total. The molecule has 2 aliphatic heterocycles. The lowest BCUT2D eigenvalue weighted by atomic mass is 9.99. The second-order valence-corrected chi connectivity index (χ2v) is 2.81. The summed E-state index contributed by atoms with van der Waals surface area (Å²) >= 11 is 0. The number of nitrogens with one attached hydrogen (secondary N) is 1. The van der Waals surface area contributed by atoms with Crippen LogP contribution in [0.2, 0.25) is 0 Å². The maximum absolute atomic E-state index is 10.6. The molecule has 0 aromatic rings. The van der Waals surface area contributed by atoms with Crippen LogP contribution in [-0.4, -0.2) is 25.1 Å². The second-order valence-electron chi connectivity index (χ2n) is 2.81. The van der Waals surface area contributed by atoms with E-state index in [9.17, 15) is 4.79 Å². The third kappa shape index (κ3) is 1.07. The van der Waals surface area contributed by atoms with Gasteiger partial charge in [-0.1, -0.05) is 12.2 Å². The molecular formula is C9H10N2O. The first-order valence-corrected chi connectivity index (χ1v) is 4.05. The molecule has 0 radical (unpaired) electrons. The number of nitrogens with zero attached hydrogens (tertiary/aromatic N) is 1. The highest BCUT2D eigenvalue weighted by atomic mass is 16.1. The van der Waals surface area contributed by atoms with Gasteiger partial charge in [-0.15, -0.1) is 0 Å². The summed E-state index contributed by atoms with van der Waals surface area (Å²) in [6.07, 6.45) is 5.73. The first-order chi connectivity index (χ1) is 5.92. The number of hydrogen-bond acceptors (Lipinski definition) is 3. The Bertz CT molecular complexity index is 300. The van der Waals surface area contributed by atoms with E-state index in [4.69, 9.17) is 0 Å². The van der Waals surface area contributed by atoms with Gasteiger partial charge >= 0.3 is 0 Å². The molecule has 0 spiro atoms. The zero-order valence-electron chi connectivity index (χ0n) is 6.71. The first kappa shape index (κ1) is 7.28. The van der Waals surface area contributed by atoms with Crippen LogP contribution >= 0.6 is 0 Å². The van der Waals surface area contributed by atoms with Gasteiger partial charge in [0.25, 0.3) is 0 Å². The number of rotatable bonds is 1. The van der Waals surface area contributed by atoms with Gasteiger partial charge in [0.05, 0.1) is 12.2 Å². The monoisotopic (exact) mass is 162 g/mol. The fourth-order valence-electron chi connectivity index (χ4n) is 1.49. The van der Waals surface area contributed by atoms with E-state index < -0.39 is 0 Å². The van der Waals surface area contributed by atoms with Gasteiger partial charge in [-0.25, -0.2) is 0 Å². The van der Waals surface area contributed by atoms with Crippen LogP contribution < -0.4 is 5.32 Å². The Kier molecular flexibility index (Phi) is 1.78. The maximum Gasteiger partial charge on any atom is 0.166 e. The molecule has 2 rings (SSSR count). The van der Waals surface area contributed by atoms with Gasteiger partial charge in [0.2, 0.25) is 0 Å². The molecule has 0 aromatic carbocycles. The van der Waals surface area contributed by atoms with Crippen LogP contribution in [0.5, 0.6) is 0 Å². The van der Waals surface area contributed by atoms with Crippen molar-refractivity contribution in [2.75, 3.05) is 13.1 Å². The van der Waals surface area contributed by atoms with Crippen molar-refractivity contribution in [2.45, 2.75) is 6.42 Å². The Morgan fingerprint density at radius 3 is 3.33 bits per heavy atom. The Balaban J connectivity index is 2.44. The van der Waals surface area contributed by atoms with Gasteiger partial charge in [0, 0.05) is 24.3 Å². The summed E-state index contributed by atoms with van der Waals surface area (Å²) in [5.41, 5.74) is 2.72. The molecule has 0 aliphatic carbocycles. The van der Waals surface area contributed by atoms with Crippen molar-refractivity contribution >= 4 is 12.0 Å². The zero-order valence-corrected chi connectivity index (χ0v) is 6.71. The summed E-state index contributed by atoms with van der Waals surface area (Å²) in [6.45, 7) is 1.58. The molecule has 0 bridgehead atoms. The SMILES string of the molecule is O=CC1=C2C=CCN=C2CCN1. The molecule has 0 saturated carbocycles. The highest BCUT2D eigenvalue weighted by Crippen LogP contribution is 2.15. The van der Waals surface area contributed by atoms with Crippen molar-refractivity contribution in [2.24, 2.45) is 4.99 Å². The minimum absolute atomic E-state index is 0.677. The number of aliphatic imine (C=N–C) groups is 1. The van der Waals surface area contributed by atoms with Crippen molar-refractivity contribution in [3.05, 3.63) is 23.4 Å². The number of fused-ring (bicyclic) bond motifs is 1. The average Bonchev–Trinajstić information content (AvgIpc) is 2.17. The third-order valence-electron chi connectivity index (χ3n) is 2.07. The van der Waals surface area contributed by atoms with E-state index in [0.717, 1.165) is 37.1 Å². The number of aldehydes is 1. The van der Waals surface area contributed by atoms with Gasteiger partial charge in [0.1, 0.15) is 0 Å². The van der Waals surface area contributed by atoms with Gasteiger partial charge in [-0.05, 0) is 0 Å². The van der Waals surface area contributed by atoms with Crippen molar-refractivity contribution in [3.63, 3.8) is 0 Å². The standard InChI is InChI=1S/C9H10N2O/c12-6-9-7-2-1-4-10-8(7)3-5-11-9/h1-2,6,11H,3-5H2. The summed E-state index contributed by atoms with van der Waals surface area (Å²) < 4.78 is 0. The highest BCUT2D eigenvalue weighted by molar-refractivity contribution is 6.08. The Hall–Kier alpha value is -1.38. The van der Waals surface area contributed by atoms with E-state index in [1.54, 1.807) is 0 Å². The normalized spacial score (nSPS) is 21.2. The number of dihydropyridines is 1. The molecule has 3 heteroatoms. The van der Waals surface area contributed by atoms with E-state index in [1.165, 1.54) is 0 Å². The number of carbonyl (C=O) groups is 1. The predicted molar refractivity (Wildman–Crippen MR) is 47.2 cm³/mol. The summed E-state index contributed by atoms with van der Waals surface area (Å²) in [7, 11) is 0. The van der Waals surface area contributed by atoms with E-state index >= 15 is 0 Å². The minimum atomic E-state index is 0.677. The van der Waals surface area contributed by atoms with E-state index in [2.05, 4.69) is 10.3 Å². The van der Waals surface area contributed by atoms with Crippen LogP contribution in [0.3, 0.4) is 0 Å². The number of allylic oxidation sites excluding steroid dienone is 3. The Morgan fingerprint density at radius 2 is 2.50 bits per heavy atom. The molecule has 2 aliphatic rings. The van der Waals surface area contributed by atoms with Crippen LogP contribution in [-0.2, 0) is 4.79 Å². The molecule has 0 saturated heterocycles. The second kappa shape index (κ2) is 2.93. The molecule has 0 atom stereocenters. The molecule has 12 heavy (non-hydrogen) atoms. The Labute approximate surface area is 70.9 Å². The molecule has 1 N–H and O–H groups in total. The van der Waals surface area contributed by atoms with Gasteiger partial charge in [-0.2, -0.15) is 0 Å². The lowest BCUT2D eigenvalue weighted by Gasteiger charge is -2.20. The summed E-state index contributed by atoms with van der Waals surface area (Å²) in [5, 5.41) is 3.05. The van der Waals surface area contributed by atoms with Crippen LogP contribution in [0.25, 0.3) is 0 Å². The van der Waals surface area contributed by atoms with Crippen LogP contribution in [0.15, 0.2) is 28.4 Å². The van der Waals surface area contributed by atoms with Crippen LogP contribution in [0.1, 0.15) is 6.42 Å². The molecule has 2 heterocycles. The van der Waals surface area contributed by atoms with E-state index in [-0.39, 0.29) is 0 Å². The fraction of sp³-hybridized carbons (Fsp3) is 0.333. The van der Waals surface area contributed by atoms with Crippen molar-refractivity contribution < 1.29 is 4.79 Å². The zero-order chi connectivity index (χ0) is 8.39. The van der Waals surface area contributed by atoms with Crippen molar-refractivity contribution in [3.8, 4) is 0 Å². The molecule has 0 fully saturated rings. The topological polar surface area (TPSA) is 41.5 Å². The summed E-state index contributed by atoms with van der Waals surface area (Å²) in [6, 6.07) is 0. The van der Waals surface area contributed by atoms with Gasteiger partial charge in [-0.3, -0.25) is 9.79 Å². The van der Waals surface area contributed by atoms with Gasteiger partial charge < -0.3 is 5.32 Å². The lowest BCUT2D eigenvalue weighted by Crippen LogP contribution is -2.29. The summed E-state index contributed by atoms with van der Waals surface area (Å²) in [4.78, 5) is 14.9. The molecular weight excluding hydrogens is 152 g/mol. The maximum atomic E-state index is 10.6. The minimum Gasteiger partial charge on any atom is -0.381 e. The molecule has 0 amide bonds. The highest BCUT2D eigenvalue weighted by Gasteiger charge is 2.16. The summed E-state index contributed by atoms with van der Waals surface area (Å²) in [5.74, 6) is 0. The quantitative estimate of drug-likeness (QED) is 0.568. The largest absolute Gasteiger partial charge is 0.381 e. The van der Waals surface area contributed by atoms with Crippen molar-refractivity contribution in [1.29, 1.82) is 0 Å². The first-order valence-electron chi connectivity index (χ1n) is 4.05. The third-order valence-corrected chi connectivity index (χ3v) is 2.07. The molecule has 0 aromatic heterocycles. The smallest absolute Gasteiger partial charge is 0.166 e. The lowest BCUT2D eigenvalue weighted by molar-refractivity contribution is -0.105. The van der Waals surface area contributed by atoms with E-state index in [0.29, 0.717) is 5.70 Å². The number of hydrogen-bond donors (Lipinski definition) is 1. The van der Waals surface area contributed by atoms with E-state index in [1.807, 2.05) is 12.2 Å². The van der Waals surface area contributed by atoms with Gasteiger partial charge in [0.15, 0.2) is 6.29 Å². The van der Waals surface area contributed by atoms with Crippen LogP contribution in [0, 0.1) is 0 Å². The molecule has 62 valence electrons. The number of carbonyl (C=O) groups excluding carboxylic acids is 1. The molecule has 0 unspecified atom stereocenters. The van der Waals surface area contributed by atoms with Crippen LogP contribution in [0.4, 0.5) is 0 Å². The fourth-order valence-corrected chi connectivity index (χ4v) is 1.49. The average molecular weight is 162 g/mol. The Morgan fingerprint density at radius 1 is 1.58 bits per heavy atom.